The first kappa shape index (κ1) is 85.9. The Labute approximate surface area is 746 Å². The zero-order chi connectivity index (χ0) is 83.7. The molecule has 14 fully saturated rings. The second-order valence-corrected chi connectivity index (χ2v) is 37.2. The summed E-state index contributed by atoms with van der Waals surface area (Å²) >= 11 is 29.5. The molecule has 4 aromatic carbocycles. The highest BCUT2D eigenvalue weighted by molar-refractivity contribution is 9.10. The smallest absolute Gasteiger partial charge is 0.410 e. The number of fused-ring (bicyclic) bond motifs is 16. The second kappa shape index (κ2) is 35.5. The van der Waals surface area contributed by atoms with E-state index in [-0.39, 0.29) is 59.6 Å². The second-order valence-electron chi connectivity index (χ2n) is 34.7. The number of Topliss-reactive ketones (excluding diaryl/α,β-unsaturated/α-hetero) is 1. The summed E-state index contributed by atoms with van der Waals surface area (Å²) in [5.41, 5.74) is 10.2. The maximum absolute atomic E-state index is 12.7. The van der Waals surface area contributed by atoms with Gasteiger partial charge in [0.25, 0.3) is 0 Å². The van der Waals surface area contributed by atoms with Crippen molar-refractivity contribution in [1.82, 2.24) is 104 Å². The number of anilines is 3. The van der Waals surface area contributed by atoms with Crippen LogP contribution in [0.25, 0.3) is 66.4 Å². The SMILES string of the molecule is CC(C)(C)OC(=O)N1CC2CCC1CN2.Cn1cc(-n2ncc3cc(Cl)c(Br)cc32)cn1.Cn1cc(-n2ncc3cc(Cl)c(N4CC5CCC4CN5)cc32)cn1.Cn1cc(-n2ncc3cc(Cl)c(N4CC5CCC4CN5C(=O)OC(C)(C)C)cc32)cn1.Cn1cc(-n2ncc3cc(Cl)c(N4CC5CCC4CN5C4COC4)cc32)cn1.O=C1COC1.[I-]. The predicted molar refractivity (Wildman–Crippen MR) is 467 cm³/mol. The van der Waals surface area contributed by atoms with E-state index in [1.807, 2.05) is 184 Å². The van der Waals surface area contributed by atoms with Gasteiger partial charge in [0.2, 0.25) is 0 Å². The molecular weight excluding hydrogens is 1810 g/mol. The minimum atomic E-state index is -0.494. The van der Waals surface area contributed by atoms with Crippen molar-refractivity contribution in [3.8, 4) is 22.7 Å². The molecule has 14 aliphatic heterocycles. The van der Waals surface area contributed by atoms with Crippen LogP contribution in [-0.4, -0.2) is 255 Å². The minimum absolute atomic E-state index is 0. The molecule has 14 saturated heterocycles. The Morgan fingerprint density at radius 3 is 1.07 bits per heavy atom. The van der Waals surface area contributed by atoms with E-state index in [4.69, 9.17) is 60.6 Å². The summed E-state index contributed by atoms with van der Waals surface area (Å²) in [6.07, 6.45) is 31.3. The van der Waals surface area contributed by atoms with Crippen LogP contribution >= 0.6 is 62.3 Å². The van der Waals surface area contributed by atoms with Crippen LogP contribution in [0.2, 0.25) is 20.1 Å². The number of ether oxygens (including phenoxy) is 4. The highest BCUT2D eigenvalue weighted by atomic mass is 127. The number of hydrogen-bond acceptors (Lipinski definition) is 21. The number of hydrogen-bond donors (Lipinski definition) is 2. The molecule has 8 bridgehead atoms. The van der Waals surface area contributed by atoms with Crippen LogP contribution in [0.15, 0.2) is 127 Å². The number of piperidine rings is 8. The van der Waals surface area contributed by atoms with E-state index in [1.54, 1.807) is 37.3 Å². The van der Waals surface area contributed by atoms with Crippen molar-refractivity contribution in [1.29, 1.82) is 0 Å². The van der Waals surface area contributed by atoms with Crippen molar-refractivity contribution < 1.29 is 57.3 Å². The molecule has 37 heteroatoms. The number of nitrogens with zero attached hydrogens (tertiary/aromatic N) is 22. The molecule has 22 heterocycles. The van der Waals surface area contributed by atoms with E-state index in [0.717, 1.165) is 176 Å². The molecule has 0 spiro atoms. The number of rotatable bonds is 8. The zero-order valence-corrected chi connectivity index (χ0v) is 76.1. The Hall–Kier alpha value is -8.62. The maximum atomic E-state index is 12.7. The fourth-order valence-corrected chi connectivity index (χ4v) is 19.2. The number of aromatic nitrogens is 16. The first-order valence-electron chi connectivity index (χ1n) is 41.1. The third kappa shape index (κ3) is 18.6. The molecule has 2 amide bonds. The fraction of sp³-hybridized carbons (Fsp3) is 0.488. The van der Waals surface area contributed by atoms with E-state index in [0.29, 0.717) is 72.1 Å². The summed E-state index contributed by atoms with van der Waals surface area (Å²) < 4.78 is 36.5. The first-order valence-corrected chi connectivity index (χ1v) is 43.4. The highest BCUT2D eigenvalue weighted by Crippen LogP contribution is 2.44. The molecule has 12 aromatic rings. The van der Waals surface area contributed by atoms with Crippen molar-refractivity contribution in [2.75, 3.05) is 93.5 Å². The van der Waals surface area contributed by atoms with E-state index < -0.39 is 5.60 Å². The molecule has 121 heavy (non-hydrogen) atoms. The van der Waals surface area contributed by atoms with Crippen LogP contribution in [-0.2, 0) is 51.9 Å². The van der Waals surface area contributed by atoms with Crippen molar-refractivity contribution in [2.24, 2.45) is 28.2 Å². The normalized spacial score (nSPS) is 22.2. The monoisotopic (exact) mass is 1900 g/mol. The Kier molecular flexibility index (Phi) is 25.2. The number of nitrogens with one attached hydrogen (secondary N) is 2. The summed E-state index contributed by atoms with van der Waals surface area (Å²) in [6, 6.07) is 20.3. The van der Waals surface area contributed by atoms with Gasteiger partial charge in [0, 0.05) is 149 Å². The molecule has 0 aliphatic carbocycles. The average Bonchev–Trinajstić information content (AvgIpc) is 1.65. The number of benzene rings is 4. The summed E-state index contributed by atoms with van der Waals surface area (Å²) in [5, 5.41) is 49.0. The van der Waals surface area contributed by atoms with Crippen molar-refractivity contribution in [3.63, 3.8) is 0 Å². The molecule has 8 atom stereocenters. The van der Waals surface area contributed by atoms with Gasteiger partial charge in [-0.05, 0) is 157 Å². The Balaban J connectivity index is 0.000000113. The third-order valence-corrected chi connectivity index (χ3v) is 26.0. The van der Waals surface area contributed by atoms with Crippen molar-refractivity contribution in [2.45, 2.75) is 158 Å². The Bertz CT molecular complexity index is 5740. The Morgan fingerprint density at radius 2 is 0.769 bits per heavy atom. The number of aryl methyl sites for hydroxylation is 4. The minimum Gasteiger partial charge on any atom is -1.00 e. The highest BCUT2D eigenvalue weighted by Gasteiger charge is 2.46. The molecule has 642 valence electrons. The predicted octanol–water partition coefficient (Wildman–Crippen LogP) is 9.94. The molecule has 0 saturated carbocycles. The van der Waals surface area contributed by atoms with Gasteiger partial charge in [0.1, 0.15) is 47.2 Å². The molecular formula is C84H101BrCl4IN24O7-. The fourth-order valence-electron chi connectivity index (χ4n) is 17.8. The van der Waals surface area contributed by atoms with Crippen LogP contribution < -0.4 is 49.3 Å². The summed E-state index contributed by atoms with van der Waals surface area (Å²) in [7, 11) is 7.59. The number of ketones is 1. The van der Waals surface area contributed by atoms with Gasteiger partial charge in [-0.3, -0.25) is 28.4 Å². The lowest BCUT2D eigenvalue weighted by Gasteiger charge is -2.56. The van der Waals surface area contributed by atoms with Gasteiger partial charge in [-0.2, -0.15) is 40.8 Å². The number of carbonyl (C=O) groups excluding carboxylic acids is 3. The van der Waals surface area contributed by atoms with Gasteiger partial charge in [-0.15, -0.1) is 0 Å². The molecule has 2 N–H and O–H groups in total. The van der Waals surface area contributed by atoms with Gasteiger partial charge >= 0.3 is 12.2 Å². The van der Waals surface area contributed by atoms with Crippen LogP contribution in [0.3, 0.4) is 0 Å². The van der Waals surface area contributed by atoms with Crippen LogP contribution in [0, 0.1) is 0 Å². The van der Waals surface area contributed by atoms with Gasteiger partial charge in [0.15, 0.2) is 5.78 Å². The summed E-state index contributed by atoms with van der Waals surface area (Å²) in [4.78, 5) is 48.1. The number of piperazine rings is 4. The van der Waals surface area contributed by atoms with Gasteiger partial charge in [-0.1, -0.05) is 46.4 Å². The van der Waals surface area contributed by atoms with E-state index in [9.17, 15) is 14.4 Å². The number of carbonyl (C=O) groups is 3. The molecule has 8 unspecified atom stereocenters. The van der Waals surface area contributed by atoms with E-state index in [2.05, 4.69) is 110 Å². The lowest BCUT2D eigenvalue weighted by atomic mass is 9.88. The lowest BCUT2D eigenvalue weighted by Crippen LogP contribution is -3.00. The summed E-state index contributed by atoms with van der Waals surface area (Å²) in [6.45, 7) is 21.2. The number of amides is 2. The average molecular weight is 1910 g/mol. The molecule has 31 nitrogen and oxygen atoms in total. The molecule has 0 radical (unpaired) electrons. The molecule has 26 rings (SSSR count). The topological polar surface area (TPSA) is 274 Å². The van der Waals surface area contributed by atoms with Crippen molar-refractivity contribution in [3.05, 3.63) is 147 Å². The van der Waals surface area contributed by atoms with Crippen LogP contribution in [0.5, 0.6) is 0 Å². The van der Waals surface area contributed by atoms with Gasteiger partial charge < -0.3 is 78.1 Å². The first-order chi connectivity index (χ1) is 57.5. The molecule has 8 aromatic heterocycles. The van der Waals surface area contributed by atoms with Gasteiger partial charge in [0.05, 0.1) is 159 Å². The third-order valence-electron chi connectivity index (χ3n) is 23.9. The molecule has 14 aliphatic rings. The Morgan fingerprint density at radius 1 is 0.413 bits per heavy atom. The zero-order valence-electron chi connectivity index (χ0n) is 69.3. The standard InChI is InChI=1S/C22H27ClN6O2.C20H23ClN6O.C17H19ClN6.C11H8BrClN4.C11H20N2O2.C3H4O2.HI/c1-22(2,3)31-21(30)28-13-15-5-6-16(28)12-27(15)20-8-19-14(7-18(20)23)9-25-29(19)17-10-24-26(4)11-17;1-24-8-16(7-22-24)27-19-5-20(18(21)4-13(19)6-23-27)26-10-14-2-3-15(26)9-25(14)17-11-28-12-17;1-22-10-14(8-20-22)24-16-5-17(15(18)4-11(16)6-21-24)23-9-12-2-3-13(23)7-19-12;1-16-6-8(5-14-16)17-11-3-9(12)10(13)2-7(11)4-15-17;1-11(2,3)15-10(14)13-7-8-4-5-9(13)6-12-8;4-3-1-5-2-3;/h7-11,15-16H,5-6,12-13H2,1-4H3;4-8,14-15,17H,2-3,9-12H2,1H3;4-6,8,10,12-13,19H,2-3,7,9H2,1H3;2-6H,1H3;8-9,12H,4-7H2,1-3H3;1-2H2;1H/p-1. The van der Waals surface area contributed by atoms with Crippen molar-refractivity contribution >= 4 is 141 Å². The van der Waals surface area contributed by atoms with Crippen LogP contribution in [0.4, 0.5) is 26.7 Å². The van der Waals surface area contributed by atoms with Gasteiger partial charge in [-0.25, -0.2) is 28.3 Å². The quantitative estimate of drug-likeness (QED) is 0.134. The number of halogens is 6. The largest absolute Gasteiger partial charge is 1.00 e. The lowest BCUT2D eigenvalue weighted by molar-refractivity contribution is -0.140. The van der Waals surface area contributed by atoms with E-state index in [1.165, 1.54) is 32.1 Å². The van der Waals surface area contributed by atoms with E-state index >= 15 is 0 Å². The maximum Gasteiger partial charge on any atom is 0.410 e. The van der Waals surface area contributed by atoms with Crippen LogP contribution in [0.1, 0.15) is 92.9 Å². The summed E-state index contributed by atoms with van der Waals surface area (Å²) in [5.74, 6) is 0.213.